The number of aliphatic imine (C=N–C) groups is 1. The third-order valence-electron chi connectivity index (χ3n) is 3.36. The predicted octanol–water partition coefficient (Wildman–Crippen LogP) is 2.43. The Bertz CT molecular complexity index is 502. The molecule has 138 valence electrons. The quantitative estimate of drug-likeness (QED) is 0.333. The van der Waals surface area contributed by atoms with Gasteiger partial charge in [-0.1, -0.05) is 0 Å². The van der Waals surface area contributed by atoms with Crippen molar-refractivity contribution in [1.29, 1.82) is 0 Å². The molecule has 0 aliphatic carbocycles. The fraction of sp³-hybridized carbons (Fsp3) is 0.688. The Labute approximate surface area is 166 Å². The first-order valence-corrected chi connectivity index (χ1v) is 9.13. The molecule has 0 fully saturated rings. The highest BCUT2D eigenvalue weighted by molar-refractivity contribution is 14.0. The van der Waals surface area contributed by atoms with Gasteiger partial charge in [0.05, 0.1) is 5.01 Å². The minimum Gasteiger partial charge on any atom is -0.357 e. The number of carbonyl (C=O) groups is 1. The first-order chi connectivity index (χ1) is 11.1. The van der Waals surface area contributed by atoms with Crippen molar-refractivity contribution in [2.75, 3.05) is 32.7 Å². The maximum atomic E-state index is 12.0. The number of hydrogen-bond acceptors (Lipinski definition) is 4. The summed E-state index contributed by atoms with van der Waals surface area (Å²) in [5.41, 5.74) is 0. The minimum absolute atomic E-state index is 0. The number of nitrogens with zero attached hydrogens (tertiary/aromatic N) is 3. The van der Waals surface area contributed by atoms with E-state index in [1.165, 1.54) is 4.88 Å². The molecule has 1 amide bonds. The van der Waals surface area contributed by atoms with Crippen molar-refractivity contribution < 1.29 is 4.79 Å². The molecular formula is C16H30IN5OS. The number of rotatable bonds is 9. The van der Waals surface area contributed by atoms with Gasteiger partial charge < -0.3 is 15.5 Å². The van der Waals surface area contributed by atoms with Gasteiger partial charge in [-0.2, -0.15) is 0 Å². The molecule has 0 aliphatic heterocycles. The highest BCUT2D eigenvalue weighted by Crippen LogP contribution is 2.11. The van der Waals surface area contributed by atoms with E-state index in [-0.39, 0.29) is 29.9 Å². The molecule has 0 spiro atoms. The number of hydrogen-bond donors (Lipinski definition) is 2. The molecule has 0 radical (unpaired) electrons. The molecule has 6 nitrogen and oxygen atoms in total. The number of aryl methyl sites for hydroxylation is 1. The van der Waals surface area contributed by atoms with Crippen LogP contribution in [0.3, 0.4) is 0 Å². The Hall–Kier alpha value is -0.900. The lowest BCUT2D eigenvalue weighted by Crippen LogP contribution is -2.40. The summed E-state index contributed by atoms with van der Waals surface area (Å²) >= 11 is 1.71. The molecule has 2 N–H and O–H groups in total. The lowest BCUT2D eigenvalue weighted by atomic mass is 10.3. The maximum absolute atomic E-state index is 12.0. The third kappa shape index (κ3) is 8.81. The van der Waals surface area contributed by atoms with Crippen molar-refractivity contribution >= 4 is 47.2 Å². The van der Waals surface area contributed by atoms with Crippen LogP contribution >= 0.6 is 35.3 Å². The molecule has 0 atom stereocenters. The van der Waals surface area contributed by atoms with Gasteiger partial charge in [-0.15, -0.1) is 35.3 Å². The van der Waals surface area contributed by atoms with E-state index in [9.17, 15) is 4.79 Å². The van der Waals surface area contributed by atoms with Crippen molar-refractivity contribution in [2.45, 2.75) is 40.5 Å². The monoisotopic (exact) mass is 467 g/mol. The van der Waals surface area contributed by atoms with Crippen LogP contribution in [0.4, 0.5) is 0 Å². The zero-order chi connectivity index (χ0) is 17.1. The Kier molecular flexibility index (Phi) is 12.9. The zero-order valence-electron chi connectivity index (χ0n) is 15.1. The van der Waals surface area contributed by atoms with Crippen LogP contribution in [0.5, 0.6) is 0 Å². The summed E-state index contributed by atoms with van der Waals surface area (Å²) in [6.07, 6.45) is 3.22. The lowest BCUT2D eigenvalue weighted by molar-refractivity contribution is -0.130. The average Bonchev–Trinajstić information content (AvgIpc) is 2.94. The molecule has 1 aromatic rings. The Morgan fingerprint density at radius 2 is 2.00 bits per heavy atom. The van der Waals surface area contributed by atoms with Crippen molar-refractivity contribution in [3.63, 3.8) is 0 Å². The topological polar surface area (TPSA) is 69.6 Å². The van der Waals surface area contributed by atoms with E-state index in [1.54, 1.807) is 11.3 Å². The van der Waals surface area contributed by atoms with Gasteiger partial charge in [0.15, 0.2) is 5.96 Å². The Morgan fingerprint density at radius 1 is 1.29 bits per heavy atom. The number of aromatic nitrogens is 1. The average molecular weight is 467 g/mol. The molecule has 8 heteroatoms. The summed E-state index contributed by atoms with van der Waals surface area (Å²) in [5, 5.41) is 7.53. The van der Waals surface area contributed by atoms with Gasteiger partial charge in [-0.05, 0) is 27.7 Å². The van der Waals surface area contributed by atoms with Crippen LogP contribution in [0.15, 0.2) is 11.2 Å². The second-order valence-corrected chi connectivity index (χ2v) is 6.44. The molecule has 1 heterocycles. The number of halogens is 1. The Morgan fingerprint density at radius 3 is 2.54 bits per heavy atom. The van der Waals surface area contributed by atoms with Crippen molar-refractivity contribution in [2.24, 2.45) is 4.99 Å². The summed E-state index contributed by atoms with van der Waals surface area (Å²) in [6.45, 7) is 11.7. The van der Waals surface area contributed by atoms with Crippen LogP contribution in [0, 0.1) is 6.92 Å². The summed E-state index contributed by atoms with van der Waals surface area (Å²) < 4.78 is 0. The number of amides is 1. The summed E-state index contributed by atoms with van der Waals surface area (Å²) in [6, 6.07) is 0. The van der Waals surface area contributed by atoms with Gasteiger partial charge in [-0.25, -0.2) is 4.98 Å². The molecule has 24 heavy (non-hydrogen) atoms. The first-order valence-electron chi connectivity index (χ1n) is 8.31. The summed E-state index contributed by atoms with van der Waals surface area (Å²) in [5.74, 6) is 0.935. The zero-order valence-corrected chi connectivity index (χ0v) is 18.2. The van der Waals surface area contributed by atoms with E-state index in [4.69, 9.17) is 0 Å². The predicted molar refractivity (Wildman–Crippen MR) is 112 cm³/mol. The smallest absolute Gasteiger partial charge is 0.224 e. The maximum Gasteiger partial charge on any atom is 0.224 e. The van der Waals surface area contributed by atoms with Crippen LogP contribution in [-0.2, 0) is 11.2 Å². The number of carbonyl (C=O) groups excluding carboxylic acids is 1. The molecule has 1 aromatic heterocycles. The standard InChI is InChI=1S/C16H29N5OS.HI/c1-5-17-16(18-10-8-14-20-12-13(4)23-14)19-11-9-15(22)21(6-2)7-3;/h12H,5-11H2,1-4H3,(H2,17,18,19);1H. The van der Waals surface area contributed by atoms with Gasteiger partial charge in [0.2, 0.25) is 5.91 Å². The van der Waals surface area contributed by atoms with E-state index in [0.29, 0.717) is 19.5 Å². The fourth-order valence-corrected chi connectivity index (χ4v) is 2.92. The van der Waals surface area contributed by atoms with Crippen molar-refractivity contribution in [3.05, 3.63) is 16.1 Å². The number of thiazole rings is 1. The van der Waals surface area contributed by atoms with Crippen LogP contribution in [-0.4, -0.2) is 54.5 Å². The van der Waals surface area contributed by atoms with Gasteiger partial charge in [0.1, 0.15) is 0 Å². The van der Waals surface area contributed by atoms with Crippen molar-refractivity contribution in [3.8, 4) is 0 Å². The molecule has 0 unspecified atom stereocenters. The van der Waals surface area contributed by atoms with Gasteiger partial charge >= 0.3 is 0 Å². The highest BCUT2D eigenvalue weighted by atomic mass is 127. The van der Waals surface area contributed by atoms with E-state index in [2.05, 4.69) is 27.5 Å². The normalized spacial score (nSPS) is 10.9. The molecule has 0 bridgehead atoms. The van der Waals surface area contributed by atoms with Gasteiger partial charge in [0, 0.05) is 56.6 Å². The number of guanidine groups is 1. The van der Waals surface area contributed by atoms with E-state index < -0.39 is 0 Å². The second-order valence-electron chi connectivity index (χ2n) is 5.12. The van der Waals surface area contributed by atoms with E-state index in [0.717, 1.165) is 37.0 Å². The third-order valence-corrected chi connectivity index (χ3v) is 4.33. The van der Waals surface area contributed by atoms with Gasteiger partial charge in [-0.3, -0.25) is 9.79 Å². The summed E-state index contributed by atoms with van der Waals surface area (Å²) in [4.78, 5) is 23.9. The molecule has 0 saturated carbocycles. The highest BCUT2D eigenvalue weighted by Gasteiger charge is 2.09. The fourth-order valence-electron chi connectivity index (χ4n) is 2.14. The molecule has 0 aliphatic rings. The Balaban J connectivity index is 0.00000529. The lowest BCUT2D eigenvalue weighted by Gasteiger charge is -2.19. The van der Waals surface area contributed by atoms with Crippen LogP contribution in [0.1, 0.15) is 37.1 Å². The largest absolute Gasteiger partial charge is 0.357 e. The van der Waals surface area contributed by atoms with Crippen molar-refractivity contribution in [1.82, 2.24) is 20.5 Å². The molecular weight excluding hydrogens is 437 g/mol. The van der Waals surface area contributed by atoms with Gasteiger partial charge in [0.25, 0.3) is 0 Å². The van der Waals surface area contributed by atoms with Crippen LogP contribution in [0.25, 0.3) is 0 Å². The second kappa shape index (κ2) is 13.4. The van der Waals surface area contributed by atoms with E-state index in [1.807, 2.05) is 31.9 Å². The SMILES string of the molecule is CCNC(=NCCc1ncc(C)s1)NCCC(=O)N(CC)CC.I. The van der Waals surface area contributed by atoms with Crippen LogP contribution < -0.4 is 10.6 Å². The minimum atomic E-state index is 0. The van der Waals surface area contributed by atoms with E-state index >= 15 is 0 Å². The molecule has 0 aromatic carbocycles. The first kappa shape index (κ1) is 23.1. The number of nitrogens with one attached hydrogen (secondary N) is 2. The molecule has 1 rings (SSSR count). The van der Waals surface area contributed by atoms with Crippen LogP contribution in [0.2, 0.25) is 0 Å². The molecule has 0 saturated heterocycles. The summed E-state index contributed by atoms with van der Waals surface area (Å²) in [7, 11) is 0.